The van der Waals surface area contributed by atoms with Gasteiger partial charge in [0.05, 0.1) is 23.4 Å². The zero-order valence-electron chi connectivity index (χ0n) is 12.2. The summed E-state index contributed by atoms with van der Waals surface area (Å²) >= 11 is 0. The Kier molecular flexibility index (Phi) is 4.80. The topological polar surface area (TPSA) is 87.7 Å². The lowest BCUT2D eigenvalue weighted by Crippen LogP contribution is -2.43. The minimum absolute atomic E-state index is 0.0206. The molecule has 0 bridgehead atoms. The Balaban J connectivity index is 2.02. The van der Waals surface area contributed by atoms with Crippen molar-refractivity contribution < 1.29 is 19.4 Å². The van der Waals surface area contributed by atoms with Crippen molar-refractivity contribution >= 4 is 17.7 Å². The molecule has 21 heavy (non-hydrogen) atoms. The first kappa shape index (κ1) is 15.3. The number of carbonyl (C=O) groups is 2. The monoisotopic (exact) mass is 292 g/mol. The number of anilines is 1. The molecular formula is C15H20N2O4. The first-order valence-corrected chi connectivity index (χ1v) is 7.01. The average Bonchev–Trinajstić information content (AvgIpc) is 2.91. The molecule has 1 aromatic carbocycles. The third-order valence-corrected chi connectivity index (χ3v) is 3.62. The Morgan fingerprint density at radius 2 is 2.19 bits per heavy atom. The number of ether oxygens (including phenoxy) is 1. The Hall–Kier alpha value is -2.08. The number of aryl methyl sites for hydroxylation is 1. The maximum atomic E-state index is 12.0. The van der Waals surface area contributed by atoms with Crippen LogP contribution in [0.2, 0.25) is 0 Å². The van der Waals surface area contributed by atoms with E-state index < -0.39 is 12.0 Å². The Morgan fingerprint density at radius 3 is 2.81 bits per heavy atom. The minimum atomic E-state index is -1.06. The van der Waals surface area contributed by atoms with Crippen molar-refractivity contribution in [3.05, 3.63) is 29.3 Å². The van der Waals surface area contributed by atoms with Gasteiger partial charge in [0, 0.05) is 6.61 Å². The fraction of sp³-hybridized carbons (Fsp3) is 0.467. The van der Waals surface area contributed by atoms with Crippen molar-refractivity contribution in [1.82, 2.24) is 5.32 Å². The molecule has 1 aliphatic rings. The van der Waals surface area contributed by atoms with E-state index in [1.807, 2.05) is 6.92 Å². The fourth-order valence-corrected chi connectivity index (χ4v) is 2.51. The van der Waals surface area contributed by atoms with E-state index >= 15 is 0 Å². The van der Waals surface area contributed by atoms with Gasteiger partial charge in [-0.25, -0.2) is 9.59 Å². The van der Waals surface area contributed by atoms with Crippen molar-refractivity contribution in [2.75, 3.05) is 11.9 Å². The highest BCUT2D eigenvalue weighted by Crippen LogP contribution is 2.20. The molecule has 6 nitrogen and oxygen atoms in total. The molecule has 6 heteroatoms. The van der Waals surface area contributed by atoms with Crippen LogP contribution >= 0.6 is 0 Å². The van der Waals surface area contributed by atoms with Gasteiger partial charge in [-0.05, 0) is 38.3 Å². The average molecular weight is 292 g/mol. The predicted octanol–water partition coefficient (Wildman–Crippen LogP) is 2.38. The summed E-state index contributed by atoms with van der Waals surface area (Å²) in [6, 6.07) is 4.44. The van der Waals surface area contributed by atoms with Gasteiger partial charge in [-0.15, -0.1) is 0 Å². The number of rotatable bonds is 4. The van der Waals surface area contributed by atoms with Gasteiger partial charge in [0.2, 0.25) is 0 Å². The van der Waals surface area contributed by atoms with Gasteiger partial charge in [-0.3, -0.25) is 0 Å². The number of nitrogens with one attached hydrogen (secondary N) is 2. The molecule has 1 aromatic rings. The van der Waals surface area contributed by atoms with Crippen molar-refractivity contribution in [2.45, 2.75) is 38.8 Å². The van der Waals surface area contributed by atoms with Crippen LogP contribution in [0.3, 0.4) is 0 Å². The maximum absolute atomic E-state index is 12.0. The van der Waals surface area contributed by atoms with Crippen molar-refractivity contribution in [1.29, 1.82) is 0 Å². The number of aromatic carboxylic acids is 1. The highest BCUT2D eigenvalue weighted by molar-refractivity contribution is 6.01. The molecule has 2 unspecified atom stereocenters. The van der Waals surface area contributed by atoms with Crippen molar-refractivity contribution in [3.63, 3.8) is 0 Å². The second-order valence-corrected chi connectivity index (χ2v) is 5.24. The molecule has 1 fully saturated rings. The van der Waals surface area contributed by atoms with Gasteiger partial charge in [0.15, 0.2) is 0 Å². The summed E-state index contributed by atoms with van der Waals surface area (Å²) in [5.74, 6) is -1.06. The number of carboxylic acids is 1. The summed E-state index contributed by atoms with van der Waals surface area (Å²) < 4.78 is 5.51. The predicted molar refractivity (Wildman–Crippen MR) is 78.7 cm³/mol. The summed E-state index contributed by atoms with van der Waals surface area (Å²) in [7, 11) is 0. The number of benzene rings is 1. The SMILES string of the molecule is Cc1cccc(NC(=O)NC(C)C2CCCO2)c1C(=O)O. The van der Waals surface area contributed by atoms with Crippen LogP contribution in [0.25, 0.3) is 0 Å². The first-order chi connectivity index (χ1) is 9.99. The van der Waals surface area contributed by atoms with E-state index in [1.165, 1.54) is 0 Å². The van der Waals surface area contributed by atoms with Crippen LogP contribution in [0.15, 0.2) is 18.2 Å². The molecule has 0 aromatic heterocycles. The molecular weight excluding hydrogens is 272 g/mol. The molecule has 2 atom stereocenters. The van der Waals surface area contributed by atoms with Gasteiger partial charge < -0.3 is 20.5 Å². The summed E-state index contributed by atoms with van der Waals surface area (Å²) in [4.78, 5) is 23.3. The van der Waals surface area contributed by atoms with Gasteiger partial charge >= 0.3 is 12.0 Å². The smallest absolute Gasteiger partial charge is 0.338 e. The van der Waals surface area contributed by atoms with Crippen LogP contribution in [0.4, 0.5) is 10.5 Å². The van der Waals surface area contributed by atoms with Gasteiger partial charge in [0.25, 0.3) is 0 Å². The zero-order chi connectivity index (χ0) is 15.4. The van der Waals surface area contributed by atoms with Gasteiger partial charge in [-0.2, -0.15) is 0 Å². The molecule has 114 valence electrons. The Morgan fingerprint density at radius 1 is 1.43 bits per heavy atom. The second-order valence-electron chi connectivity index (χ2n) is 5.24. The summed E-state index contributed by atoms with van der Waals surface area (Å²) in [5.41, 5.74) is 1.00. The molecule has 0 spiro atoms. The van der Waals surface area contributed by atoms with Crippen LogP contribution in [0.1, 0.15) is 35.7 Å². The molecule has 2 rings (SSSR count). The van der Waals surface area contributed by atoms with E-state index in [2.05, 4.69) is 10.6 Å². The number of amides is 2. The molecule has 1 saturated heterocycles. The Bertz CT molecular complexity index is 538. The summed E-state index contributed by atoms with van der Waals surface area (Å²) in [6.45, 7) is 4.30. The number of hydrogen-bond acceptors (Lipinski definition) is 3. The van der Waals surface area contributed by atoms with E-state index in [-0.39, 0.29) is 17.7 Å². The number of hydrogen-bond donors (Lipinski definition) is 3. The zero-order valence-corrected chi connectivity index (χ0v) is 12.2. The number of carbonyl (C=O) groups excluding carboxylic acids is 1. The highest BCUT2D eigenvalue weighted by Gasteiger charge is 2.24. The third kappa shape index (κ3) is 3.72. The standard InChI is InChI=1S/C15H20N2O4/c1-9-5-3-6-11(13(9)14(18)19)17-15(20)16-10(2)12-7-4-8-21-12/h3,5-6,10,12H,4,7-8H2,1-2H3,(H,18,19)(H2,16,17,20). The number of carboxylic acid groups (broad SMARTS) is 1. The van der Waals surface area contributed by atoms with Crippen LogP contribution < -0.4 is 10.6 Å². The van der Waals surface area contributed by atoms with Crippen molar-refractivity contribution in [3.8, 4) is 0 Å². The summed E-state index contributed by atoms with van der Waals surface area (Å²) in [6.07, 6.45) is 1.94. The maximum Gasteiger partial charge on any atom is 0.338 e. The van der Waals surface area contributed by atoms with Gasteiger partial charge in [0.1, 0.15) is 0 Å². The molecule has 0 aliphatic carbocycles. The van der Waals surface area contributed by atoms with Crippen LogP contribution in [0, 0.1) is 6.92 Å². The lowest BCUT2D eigenvalue weighted by molar-refractivity contribution is 0.0697. The summed E-state index contributed by atoms with van der Waals surface area (Å²) in [5, 5.41) is 14.6. The highest BCUT2D eigenvalue weighted by atomic mass is 16.5. The first-order valence-electron chi connectivity index (χ1n) is 7.01. The lowest BCUT2D eigenvalue weighted by atomic mass is 10.1. The van der Waals surface area contributed by atoms with E-state index in [1.54, 1.807) is 25.1 Å². The Labute approximate surface area is 123 Å². The molecule has 0 saturated carbocycles. The fourth-order valence-electron chi connectivity index (χ4n) is 2.51. The second kappa shape index (κ2) is 6.58. The minimum Gasteiger partial charge on any atom is -0.478 e. The molecule has 0 radical (unpaired) electrons. The van der Waals surface area contributed by atoms with E-state index in [0.29, 0.717) is 11.3 Å². The normalized spacial score (nSPS) is 19.0. The largest absolute Gasteiger partial charge is 0.478 e. The molecule has 1 aliphatic heterocycles. The van der Waals surface area contributed by atoms with Crippen LogP contribution in [-0.4, -0.2) is 35.9 Å². The third-order valence-electron chi connectivity index (χ3n) is 3.62. The quantitative estimate of drug-likeness (QED) is 0.795. The van der Waals surface area contributed by atoms with Gasteiger partial charge in [-0.1, -0.05) is 12.1 Å². The van der Waals surface area contributed by atoms with E-state index in [0.717, 1.165) is 19.4 Å². The molecule has 3 N–H and O–H groups in total. The van der Waals surface area contributed by atoms with Crippen LogP contribution in [-0.2, 0) is 4.74 Å². The van der Waals surface area contributed by atoms with Crippen molar-refractivity contribution in [2.24, 2.45) is 0 Å². The molecule has 1 heterocycles. The van der Waals surface area contributed by atoms with E-state index in [9.17, 15) is 14.7 Å². The lowest BCUT2D eigenvalue weighted by Gasteiger charge is -2.20. The molecule has 2 amide bonds. The van der Waals surface area contributed by atoms with E-state index in [4.69, 9.17) is 4.74 Å². The van der Waals surface area contributed by atoms with Crippen LogP contribution in [0.5, 0.6) is 0 Å². The number of urea groups is 1.